The van der Waals surface area contributed by atoms with E-state index in [0.29, 0.717) is 5.02 Å². The summed E-state index contributed by atoms with van der Waals surface area (Å²) >= 11 is 11.1. The quantitative estimate of drug-likeness (QED) is 0.196. The molecular formula is C23H18Br2ClN3S. The van der Waals surface area contributed by atoms with Gasteiger partial charge in [0.25, 0.3) is 0 Å². The van der Waals surface area contributed by atoms with E-state index in [4.69, 9.17) is 16.6 Å². The molecule has 152 valence electrons. The zero-order valence-corrected chi connectivity index (χ0v) is 20.8. The summed E-state index contributed by atoms with van der Waals surface area (Å²) in [5.41, 5.74) is 8.13. The van der Waals surface area contributed by atoms with Crippen molar-refractivity contribution in [2.45, 2.75) is 6.92 Å². The van der Waals surface area contributed by atoms with Crippen LogP contribution < -0.4 is 5.43 Å². The van der Waals surface area contributed by atoms with Gasteiger partial charge in [-0.25, -0.2) is 4.98 Å². The highest BCUT2D eigenvalue weighted by atomic mass is 79.9. The maximum Gasteiger partial charge on any atom is 0.204 e. The van der Waals surface area contributed by atoms with Gasteiger partial charge in [-0.05, 0) is 42.3 Å². The second kappa shape index (κ2) is 10.4. The first-order valence-corrected chi connectivity index (χ1v) is 11.0. The van der Waals surface area contributed by atoms with Crippen LogP contribution in [0.4, 0.5) is 5.13 Å². The smallest absolute Gasteiger partial charge is 0.204 e. The van der Waals surface area contributed by atoms with Crippen LogP contribution in [0.2, 0.25) is 5.02 Å². The molecule has 3 nitrogen and oxygen atoms in total. The topological polar surface area (TPSA) is 37.3 Å². The van der Waals surface area contributed by atoms with Crippen LogP contribution in [0.25, 0.3) is 21.7 Å². The van der Waals surface area contributed by atoms with Crippen molar-refractivity contribution in [1.29, 1.82) is 0 Å². The van der Waals surface area contributed by atoms with E-state index < -0.39 is 0 Å². The maximum absolute atomic E-state index is 6.06. The molecule has 0 radical (unpaired) electrons. The van der Waals surface area contributed by atoms with E-state index in [-0.39, 0.29) is 17.0 Å². The summed E-state index contributed by atoms with van der Waals surface area (Å²) in [5, 5.41) is 5.98. The highest BCUT2D eigenvalue weighted by molar-refractivity contribution is 9.10. The van der Waals surface area contributed by atoms with Gasteiger partial charge in [-0.15, -0.1) is 17.0 Å². The number of hydrogen-bond donors (Lipinski definition) is 1. The van der Waals surface area contributed by atoms with Crippen LogP contribution in [0.15, 0.2) is 88.4 Å². The minimum absolute atomic E-state index is 0. The molecule has 0 aliphatic rings. The molecule has 0 atom stereocenters. The monoisotopic (exact) mass is 561 g/mol. The van der Waals surface area contributed by atoms with Gasteiger partial charge in [-0.2, -0.15) is 5.10 Å². The summed E-state index contributed by atoms with van der Waals surface area (Å²) in [6.07, 6.45) is 0. The average molecular weight is 564 g/mol. The third-order valence-electron chi connectivity index (χ3n) is 4.36. The second-order valence-corrected chi connectivity index (χ2v) is 8.74. The van der Waals surface area contributed by atoms with E-state index in [0.717, 1.165) is 42.6 Å². The van der Waals surface area contributed by atoms with Crippen molar-refractivity contribution in [3.05, 3.63) is 93.9 Å². The molecule has 4 aromatic rings. The number of nitrogens with zero attached hydrogens (tertiary/aromatic N) is 2. The molecule has 0 aliphatic carbocycles. The predicted molar refractivity (Wildman–Crippen MR) is 138 cm³/mol. The molecule has 0 amide bonds. The molecule has 30 heavy (non-hydrogen) atoms. The minimum Gasteiger partial charge on any atom is -0.252 e. The lowest BCUT2D eigenvalue weighted by Crippen LogP contribution is -1.99. The lowest BCUT2D eigenvalue weighted by molar-refractivity contribution is 1.27. The van der Waals surface area contributed by atoms with E-state index in [1.54, 1.807) is 11.3 Å². The van der Waals surface area contributed by atoms with Crippen molar-refractivity contribution >= 4 is 66.7 Å². The Kier molecular flexibility index (Phi) is 7.83. The van der Waals surface area contributed by atoms with Crippen molar-refractivity contribution in [1.82, 2.24) is 4.98 Å². The summed E-state index contributed by atoms with van der Waals surface area (Å²) in [6.45, 7) is 1.97. The Morgan fingerprint density at radius 3 is 2.27 bits per heavy atom. The number of nitrogens with one attached hydrogen (secondary N) is 1. The van der Waals surface area contributed by atoms with Gasteiger partial charge in [0, 0.05) is 15.1 Å². The molecule has 0 aliphatic heterocycles. The molecule has 0 fully saturated rings. The summed E-state index contributed by atoms with van der Waals surface area (Å²) < 4.78 is 1.04. The summed E-state index contributed by atoms with van der Waals surface area (Å²) in [4.78, 5) is 5.91. The number of halogens is 3. The van der Waals surface area contributed by atoms with Crippen LogP contribution in [0, 0.1) is 0 Å². The van der Waals surface area contributed by atoms with Gasteiger partial charge in [0.05, 0.1) is 16.3 Å². The van der Waals surface area contributed by atoms with E-state index in [2.05, 4.69) is 38.6 Å². The normalized spacial score (nSPS) is 11.1. The Labute approximate surface area is 203 Å². The molecular weight excluding hydrogens is 546 g/mol. The number of aromatic nitrogens is 1. The molecule has 3 aromatic carbocycles. The third kappa shape index (κ3) is 5.38. The predicted octanol–water partition coefficient (Wildman–Crippen LogP) is 8.31. The van der Waals surface area contributed by atoms with Crippen molar-refractivity contribution in [3.63, 3.8) is 0 Å². The van der Waals surface area contributed by atoms with Crippen LogP contribution in [-0.2, 0) is 0 Å². The highest BCUT2D eigenvalue weighted by Crippen LogP contribution is 2.39. The summed E-state index contributed by atoms with van der Waals surface area (Å²) in [6, 6.07) is 26.1. The van der Waals surface area contributed by atoms with Crippen molar-refractivity contribution < 1.29 is 0 Å². The van der Waals surface area contributed by atoms with E-state index in [1.807, 2.05) is 73.7 Å². The van der Waals surface area contributed by atoms with Crippen molar-refractivity contribution in [2.75, 3.05) is 5.43 Å². The number of thiazole rings is 1. The standard InChI is InChI=1S/C23H17BrClN3S.BrH/c1-15(16-7-11-19(24)12-8-16)27-28-23-26-21(17-9-13-20(25)14-10-17)22(29-23)18-5-3-2-4-6-18;/h2-14H,1H3,(H,26,28);1H/b27-15+;. The zero-order valence-electron chi connectivity index (χ0n) is 16.0. The third-order valence-corrected chi connectivity index (χ3v) is 6.15. The Balaban J connectivity index is 0.00000256. The lowest BCUT2D eigenvalue weighted by Gasteiger charge is -2.02. The molecule has 1 N–H and O–H groups in total. The van der Waals surface area contributed by atoms with Gasteiger partial charge >= 0.3 is 0 Å². The second-order valence-electron chi connectivity index (χ2n) is 6.39. The number of anilines is 1. The molecule has 1 aromatic heterocycles. The summed E-state index contributed by atoms with van der Waals surface area (Å²) in [5.74, 6) is 0. The lowest BCUT2D eigenvalue weighted by atomic mass is 10.1. The van der Waals surface area contributed by atoms with Gasteiger partial charge in [0.15, 0.2) is 0 Å². The first-order chi connectivity index (χ1) is 14.1. The van der Waals surface area contributed by atoms with E-state index in [1.165, 1.54) is 0 Å². The summed E-state index contributed by atoms with van der Waals surface area (Å²) in [7, 11) is 0. The van der Waals surface area contributed by atoms with Crippen molar-refractivity contribution in [2.24, 2.45) is 5.10 Å². The first-order valence-electron chi connectivity index (χ1n) is 8.98. The molecule has 0 saturated carbocycles. The Bertz CT molecular complexity index is 1140. The van der Waals surface area contributed by atoms with E-state index in [9.17, 15) is 0 Å². The van der Waals surface area contributed by atoms with Gasteiger partial charge < -0.3 is 0 Å². The van der Waals surface area contributed by atoms with Crippen LogP contribution in [0.3, 0.4) is 0 Å². The first kappa shape index (κ1) is 22.7. The van der Waals surface area contributed by atoms with Gasteiger partial charge in [0.1, 0.15) is 0 Å². The SMILES string of the molecule is Br.C/C(=N\Nc1nc(-c2ccc(Cl)cc2)c(-c2ccccc2)s1)c1ccc(Br)cc1. The fraction of sp³-hybridized carbons (Fsp3) is 0.0435. The van der Waals surface area contributed by atoms with Crippen molar-refractivity contribution in [3.8, 4) is 21.7 Å². The molecule has 7 heteroatoms. The number of benzene rings is 3. The highest BCUT2D eigenvalue weighted by Gasteiger charge is 2.15. The number of rotatable bonds is 5. The zero-order chi connectivity index (χ0) is 20.2. The number of hydrazone groups is 1. The van der Waals surface area contributed by atoms with Gasteiger partial charge in [-0.1, -0.05) is 93.5 Å². The number of hydrogen-bond acceptors (Lipinski definition) is 4. The molecule has 1 heterocycles. The van der Waals surface area contributed by atoms with Gasteiger partial charge in [0.2, 0.25) is 5.13 Å². The van der Waals surface area contributed by atoms with Crippen LogP contribution >= 0.6 is 55.8 Å². The van der Waals surface area contributed by atoms with Crippen LogP contribution in [-0.4, -0.2) is 10.7 Å². The van der Waals surface area contributed by atoms with Crippen LogP contribution in [0.1, 0.15) is 12.5 Å². The van der Waals surface area contributed by atoms with Crippen LogP contribution in [0.5, 0.6) is 0 Å². The Morgan fingerprint density at radius 2 is 1.60 bits per heavy atom. The van der Waals surface area contributed by atoms with Gasteiger partial charge in [-0.3, -0.25) is 5.43 Å². The van der Waals surface area contributed by atoms with E-state index >= 15 is 0 Å². The largest absolute Gasteiger partial charge is 0.252 e. The molecule has 0 bridgehead atoms. The molecule has 0 unspecified atom stereocenters. The molecule has 0 spiro atoms. The molecule has 4 rings (SSSR count). The molecule has 0 saturated heterocycles. The Morgan fingerprint density at radius 1 is 0.933 bits per heavy atom. The maximum atomic E-state index is 6.06. The fourth-order valence-electron chi connectivity index (χ4n) is 2.84. The Hall–Kier alpha value is -1.99. The fourth-order valence-corrected chi connectivity index (χ4v) is 4.17. The average Bonchev–Trinajstić information content (AvgIpc) is 3.18. The minimum atomic E-state index is 0.